The van der Waals surface area contributed by atoms with Gasteiger partial charge >= 0.3 is 0 Å². The minimum Gasteiger partial charge on any atom is -0.393 e. The van der Waals surface area contributed by atoms with Crippen molar-refractivity contribution in [1.82, 2.24) is 19.5 Å². The van der Waals surface area contributed by atoms with Crippen molar-refractivity contribution in [2.75, 3.05) is 18.9 Å². The van der Waals surface area contributed by atoms with E-state index in [1.165, 1.54) is 17.2 Å². The molecule has 28 heavy (non-hydrogen) atoms. The molecule has 5 N–H and O–H groups in total. The molecule has 3 atom stereocenters. The van der Waals surface area contributed by atoms with Crippen LogP contribution >= 0.6 is 0 Å². The van der Waals surface area contributed by atoms with Crippen LogP contribution in [0.25, 0.3) is 11.2 Å². The van der Waals surface area contributed by atoms with Crippen LogP contribution in [-0.2, 0) is 16.1 Å². The number of nitrogens with zero attached hydrogens (tertiary/aromatic N) is 4. The number of nitrogens with two attached hydrogens (primary N) is 1. The highest BCUT2D eigenvalue weighted by atomic mass is 16.6. The lowest BCUT2D eigenvalue weighted by Gasteiger charge is -2.30. The Hall–Kier alpha value is -2.63. The van der Waals surface area contributed by atoms with Gasteiger partial charge in [0.2, 0.25) is 0 Å². The van der Waals surface area contributed by atoms with E-state index in [1.807, 2.05) is 30.3 Å². The Kier molecular flexibility index (Phi) is 4.96. The van der Waals surface area contributed by atoms with Crippen molar-refractivity contribution < 1.29 is 24.8 Å². The second-order valence-electron chi connectivity index (χ2n) is 6.68. The van der Waals surface area contributed by atoms with Crippen LogP contribution in [0.3, 0.4) is 0 Å². The Balaban J connectivity index is 1.65. The number of rotatable bonds is 6. The maximum Gasteiger partial charge on any atom is 0.167 e. The summed E-state index contributed by atoms with van der Waals surface area (Å²) in [5.74, 6) is 0.198. The van der Waals surface area contributed by atoms with Crippen molar-refractivity contribution in [2.24, 2.45) is 0 Å². The van der Waals surface area contributed by atoms with Crippen molar-refractivity contribution in [3.05, 3.63) is 48.5 Å². The van der Waals surface area contributed by atoms with Gasteiger partial charge in [0.25, 0.3) is 0 Å². The molecule has 0 aliphatic carbocycles. The first-order valence-corrected chi connectivity index (χ1v) is 8.76. The molecule has 1 aliphatic heterocycles. The van der Waals surface area contributed by atoms with E-state index in [1.54, 1.807) is 0 Å². The molecule has 0 saturated carbocycles. The molecule has 3 aromatic rings. The van der Waals surface area contributed by atoms with Crippen molar-refractivity contribution in [3.8, 4) is 0 Å². The monoisotopic (exact) mass is 387 g/mol. The van der Waals surface area contributed by atoms with Crippen LogP contribution in [-0.4, -0.2) is 65.9 Å². The first kappa shape index (κ1) is 18.7. The molecule has 1 aliphatic rings. The Morgan fingerprint density at radius 1 is 1.14 bits per heavy atom. The summed E-state index contributed by atoms with van der Waals surface area (Å²) in [5.41, 5.74) is 5.94. The first-order valence-electron chi connectivity index (χ1n) is 8.76. The predicted molar refractivity (Wildman–Crippen MR) is 97.8 cm³/mol. The number of aliphatic hydroxyl groups excluding tert-OH is 3. The quantitative estimate of drug-likeness (QED) is 0.443. The number of hydrogen-bond acceptors (Lipinski definition) is 9. The van der Waals surface area contributed by atoms with E-state index < -0.39 is 37.3 Å². The molecule has 2 aromatic heterocycles. The summed E-state index contributed by atoms with van der Waals surface area (Å²) in [5, 5.41) is 30.8. The van der Waals surface area contributed by atoms with Gasteiger partial charge in [0, 0.05) is 0 Å². The Labute approximate surface area is 160 Å². The zero-order chi connectivity index (χ0) is 19.7. The minimum atomic E-state index is -1.49. The van der Waals surface area contributed by atoms with E-state index in [4.69, 9.17) is 15.2 Å². The average Bonchev–Trinajstić information content (AvgIpc) is 3.27. The van der Waals surface area contributed by atoms with Crippen molar-refractivity contribution in [2.45, 2.75) is 30.6 Å². The number of anilines is 1. The van der Waals surface area contributed by atoms with E-state index in [-0.39, 0.29) is 12.4 Å². The number of fused-ring (bicyclic) bond motifs is 1. The maximum absolute atomic E-state index is 10.9. The lowest BCUT2D eigenvalue weighted by atomic mass is 9.96. The van der Waals surface area contributed by atoms with E-state index in [9.17, 15) is 15.3 Å². The molecular formula is C18H21N5O5. The van der Waals surface area contributed by atoms with Crippen LogP contribution in [0.1, 0.15) is 11.8 Å². The number of hydrogen-bond donors (Lipinski definition) is 4. The largest absolute Gasteiger partial charge is 0.393 e. The Morgan fingerprint density at radius 3 is 2.61 bits per heavy atom. The van der Waals surface area contributed by atoms with E-state index in [2.05, 4.69) is 15.0 Å². The summed E-state index contributed by atoms with van der Waals surface area (Å²) in [6, 6.07) is 9.38. The second kappa shape index (κ2) is 7.41. The molecule has 1 saturated heterocycles. The standard InChI is InChI=1S/C18H21N5O5/c19-15-12-16(21-9-20-15)23(10-22-12)17-13(26)14(18(7-24,8-25)28-17)27-6-11-4-2-1-3-5-11/h1-5,9-10,13-14,17,24-26H,6-8H2,(H2,19,20,21)/t13-,14+,17+/m0/s1. The molecular weight excluding hydrogens is 366 g/mol. The molecule has 3 heterocycles. The number of aromatic nitrogens is 4. The van der Waals surface area contributed by atoms with Gasteiger partial charge in [-0.3, -0.25) is 4.57 Å². The molecule has 0 spiro atoms. The smallest absolute Gasteiger partial charge is 0.167 e. The van der Waals surface area contributed by atoms with Crippen LogP contribution in [0.5, 0.6) is 0 Å². The molecule has 0 bridgehead atoms. The Bertz CT molecular complexity index is 946. The summed E-state index contributed by atoms with van der Waals surface area (Å²) < 4.78 is 13.3. The Morgan fingerprint density at radius 2 is 1.89 bits per heavy atom. The fourth-order valence-electron chi connectivity index (χ4n) is 3.43. The fourth-order valence-corrected chi connectivity index (χ4v) is 3.43. The third-order valence-electron chi connectivity index (χ3n) is 4.95. The third kappa shape index (κ3) is 3.01. The van der Waals surface area contributed by atoms with Crippen LogP contribution in [0.2, 0.25) is 0 Å². The van der Waals surface area contributed by atoms with Gasteiger partial charge in [-0.05, 0) is 5.56 Å². The second-order valence-corrected chi connectivity index (χ2v) is 6.68. The highest BCUT2D eigenvalue weighted by Gasteiger charge is 2.56. The summed E-state index contributed by atoms with van der Waals surface area (Å²) >= 11 is 0. The van der Waals surface area contributed by atoms with Crippen LogP contribution in [0.15, 0.2) is 43.0 Å². The first-order chi connectivity index (χ1) is 13.6. The van der Waals surface area contributed by atoms with Gasteiger partial charge in [-0.1, -0.05) is 30.3 Å². The zero-order valence-electron chi connectivity index (χ0n) is 14.9. The van der Waals surface area contributed by atoms with Gasteiger partial charge in [0.1, 0.15) is 29.7 Å². The minimum absolute atomic E-state index is 0.181. The maximum atomic E-state index is 10.9. The average molecular weight is 387 g/mol. The van der Waals surface area contributed by atoms with Crippen molar-refractivity contribution >= 4 is 17.0 Å². The summed E-state index contributed by atoms with van der Waals surface area (Å²) in [6.07, 6.45) is -0.463. The molecule has 148 valence electrons. The summed E-state index contributed by atoms with van der Waals surface area (Å²) in [7, 11) is 0. The highest BCUT2D eigenvalue weighted by Crippen LogP contribution is 2.40. The molecule has 1 fully saturated rings. The van der Waals surface area contributed by atoms with Gasteiger partial charge in [-0.2, -0.15) is 0 Å². The number of ether oxygens (including phenoxy) is 2. The third-order valence-corrected chi connectivity index (χ3v) is 4.95. The lowest BCUT2D eigenvalue weighted by molar-refractivity contribution is -0.163. The number of benzene rings is 1. The van der Waals surface area contributed by atoms with E-state index in [0.717, 1.165) is 5.56 Å². The summed E-state index contributed by atoms with van der Waals surface area (Å²) in [4.78, 5) is 12.2. The van der Waals surface area contributed by atoms with Crippen LogP contribution in [0, 0.1) is 0 Å². The van der Waals surface area contributed by atoms with Gasteiger partial charge < -0.3 is 30.5 Å². The van der Waals surface area contributed by atoms with Crippen molar-refractivity contribution in [3.63, 3.8) is 0 Å². The van der Waals surface area contributed by atoms with E-state index >= 15 is 0 Å². The molecule has 10 heteroatoms. The van der Waals surface area contributed by atoms with Gasteiger partial charge in [-0.15, -0.1) is 0 Å². The van der Waals surface area contributed by atoms with Gasteiger partial charge in [-0.25, -0.2) is 15.0 Å². The number of imidazole rings is 1. The predicted octanol–water partition coefficient (Wildman–Crippen LogP) is -0.393. The number of aliphatic hydroxyl groups is 3. The lowest BCUT2D eigenvalue weighted by Crippen LogP contribution is -2.50. The summed E-state index contributed by atoms with van der Waals surface area (Å²) in [6.45, 7) is -0.902. The molecule has 10 nitrogen and oxygen atoms in total. The molecule has 0 radical (unpaired) electrons. The normalized spacial score (nSPS) is 24.0. The molecule has 1 aromatic carbocycles. The van der Waals surface area contributed by atoms with Crippen LogP contribution in [0.4, 0.5) is 5.82 Å². The topological polar surface area (TPSA) is 149 Å². The van der Waals surface area contributed by atoms with Gasteiger partial charge in [0.15, 0.2) is 17.7 Å². The fraction of sp³-hybridized carbons (Fsp3) is 0.389. The zero-order valence-corrected chi connectivity index (χ0v) is 14.9. The van der Waals surface area contributed by atoms with Crippen molar-refractivity contribution in [1.29, 1.82) is 0 Å². The SMILES string of the molecule is Nc1ncnc2c1ncn2[C@@H]1OC(CO)(CO)[C@H](OCc2ccccc2)[C@@H]1O. The van der Waals surface area contributed by atoms with Gasteiger partial charge in [0.05, 0.1) is 26.1 Å². The molecule has 4 rings (SSSR count). The van der Waals surface area contributed by atoms with Crippen LogP contribution < -0.4 is 5.73 Å². The van der Waals surface area contributed by atoms with E-state index in [0.29, 0.717) is 11.2 Å². The molecule has 0 unspecified atom stereocenters. The number of nitrogen functional groups attached to an aromatic ring is 1. The highest BCUT2D eigenvalue weighted by molar-refractivity contribution is 5.81. The molecule has 0 amide bonds.